The number of nitrogens with one attached hydrogen (secondary N) is 1. The van der Waals surface area contributed by atoms with E-state index < -0.39 is 0 Å². The SMILES string of the molecule is COc1cccc(Cn2c(SCC(=O)Nc3ccc(C)cc3C)nc3c(oc4ccccc43)c2=O)c1. The van der Waals surface area contributed by atoms with Gasteiger partial charge in [0, 0.05) is 11.1 Å². The minimum absolute atomic E-state index is 0.0964. The van der Waals surface area contributed by atoms with E-state index in [-0.39, 0.29) is 29.3 Å². The third-order valence-corrected chi connectivity index (χ3v) is 6.89. The van der Waals surface area contributed by atoms with Gasteiger partial charge < -0.3 is 14.5 Å². The molecule has 0 aliphatic rings. The van der Waals surface area contributed by atoms with E-state index in [0.29, 0.717) is 22.0 Å². The van der Waals surface area contributed by atoms with Gasteiger partial charge in [-0.1, -0.05) is 53.7 Å². The van der Waals surface area contributed by atoms with Crippen molar-refractivity contribution in [2.75, 3.05) is 18.2 Å². The van der Waals surface area contributed by atoms with Crippen molar-refractivity contribution in [1.82, 2.24) is 9.55 Å². The molecule has 0 fully saturated rings. The maximum Gasteiger partial charge on any atom is 0.298 e. The Bertz CT molecular complexity index is 1650. The van der Waals surface area contributed by atoms with Gasteiger partial charge in [-0.3, -0.25) is 14.2 Å². The van der Waals surface area contributed by atoms with Crippen molar-refractivity contribution in [1.29, 1.82) is 0 Å². The second kappa shape index (κ2) is 9.91. The van der Waals surface area contributed by atoms with Crippen LogP contribution in [0.4, 0.5) is 5.69 Å². The monoisotopic (exact) mass is 499 g/mol. The minimum atomic E-state index is -0.295. The molecule has 0 aliphatic carbocycles. The van der Waals surface area contributed by atoms with Gasteiger partial charge >= 0.3 is 0 Å². The Hall–Kier alpha value is -4.04. The predicted octanol–water partition coefficient (Wildman–Crippen LogP) is 5.55. The molecule has 0 aliphatic heterocycles. The summed E-state index contributed by atoms with van der Waals surface area (Å²) in [6.45, 7) is 4.23. The van der Waals surface area contributed by atoms with Crippen LogP contribution in [-0.4, -0.2) is 28.3 Å². The number of para-hydroxylation sites is 1. The summed E-state index contributed by atoms with van der Waals surface area (Å²) in [6, 6.07) is 20.8. The number of furan rings is 1. The zero-order valence-corrected chi connectivity index (χ0v) is 21.0. The molecule has 182 valence electrons. The largest absolute Gasteiger partial charge is 0.497 e. The maximum absolute atomic E-state index is 13.6. The van der Waals surface area contributed by atoms with E-state index in [2.05, 4.69) is 5.32 Å². The number of thioether (sulfide) groups is 1. The van der Waals surface area contributed by atoms with Crippen LogP contribution in [0.25, 0.3) is 22.1 Å². The van der Waals surface area contributed by atoms with Crippen LogP contribution < -0.4 is 15.6 Å². The Kier molecular flexibility index (Phi) is 6.52. The van der Waals surface area contributed by atoms with E-state index in [1.807, 2.05) is 80.6 Å². The number of methoxy groups -OCH3 is 1. The van der Waals surface area contributed by atoms with E-state index in [4.69, 9.17) is 14.1 Å². The van der Waals surface area contributed by atoms with E-state index in [1.165, 1.54) is 11.8 Å². The Morgan fingerprint density at radius 3 is 2.72 bits per heavy atom. The van der Waals surface area contributed by atoms with Crippen LogP contribution in [-0.2, 0) is 11.3 Å². The Balaban J connectivity index is 1.51. The normalized spacial score (nSPS) is 11.2. The lowest BCUT2D eigenvalue weighted by atomic mass is 10.1. The summed E-state index contributed by atoms with van der Waals surface area (Å²) in [7, 11) is 1.60. The third-order valence-electron chi connectivity index (χ3n) is 5.91. The Morgan fingerprint density at radius 2 is 1.92 bits per heavy atom. The summed E-state index contributed by atoms with van der Waals surface area (Å²) in [5.41, 5.74) is 4.76. The van der Waals surface area contributed by atoms with E-state index >= 15 is 0 Å². The minimum Gasteiger partial charge on any atom is -0.497 e. The molecule has 0 radical (unpaired) electrons. The fraction of sp³-hybridized carbons (Fsp3) is 0.179. The molecule has 8 heteroatoms. The highest BCUT2D eigenvalue weighted by Crippen LogP contribution is 2.28. The van der Waals surface area contributed by atoms with Crippen molar-refractivity contribution in [2.24, 2.45) is 0 Å². The van der Waals surface area contributed by atoms with Gasteiger partial charge in [0.2, 0.25) is 11.5 Å². The second-order valence-electron chi connectivity index (χ2n) is 8.57. The van der Waals surface area contributed by atoms with Crippen LogP contribution in [0.15, 0.2) is 81.1 Å². The number of fused-ring (bicyclic) bond motifs is 3. The lowest BCUT2D eigenvalue weighted by Crippen LogP contribution is -2.24. The smallest absolute Gasteiger partial charge is 0.298 e. The van der Waals surface area contributed by atoms with Crippen molar-refractivity contribution in [3.8, 4) is 5.75 Å². The number of nitrogens with zero attached hydrogens (tertiary/aromatic N) is 2. The molecule has 1 amide bonds. The number of rotatable bonds is 7. The first-order chi connectivity index (χ1) is 17.4. The number of hydrogen-bond donors (Lipinski definition) is 1. The highest BCUT2D eigenvalue weighted by molar-refractivity contribution is 7.99. The van der Waals surface area contributed by atoms with Crippen LogP contribution in [0.2, 0.25) is 0 Å². The van der Waals surface area contributed by atoms with Gasteiger partial charge in [0.1, 0.15) is 16.8 Å². The van der Waals surface area contributed by atoms with E-state index in [0.717, 1.165) is 27.8 Å². The number of benzene rings is 3. The van der Waals surface area contributed by atoms with Gasteiger partial charge in [-0.05, 0) is 55.3 Å². The molecule has 0 saturated carbocycles. The molecule has 0 spiro atoms. The van der Waals surface area contributed by atoms with Crippen molar-refractivity contribution >= 4 is 45.4 Å². The average Bonchev–Trinajstić information content (AvgIpc) is 3.25. The molecular weight excluding hydrogens is 474 g/mol. The average molecular weight is 500 g/mol. The van der Waals surface area contributed by atoms with Gasteiger partial charge in [-0.15, -0.1) is 0 Å². The summed E-state index contributed by atoms with van der Waals surface area (Å²) in [6.07, 6.45) is 0. The first-order valence-corrected chi connectivity index (χ1v) is 12.5. The van der Waals surface area contributed by atoms with Crippen LogP contribution in [0.5, 0.6) is 5.75 Å². The summed E-state index contributed by atoms with van der Waals surface area (Å²) >= 11 is 1.22. The number of anilines is 1. The molecule has 5 aromatic rings. The lowest BCUT2D eigenvalue weighted by molar-refractivity contribution is -0.113. The van der Waals surface area contributed by atoms with Gasteiger partial charge in [0.05, 0.1) is 19.4 Å². The molecule has 7 nitrogen and oxygen atoms in total. The summed E-state index contributed by atoms with van der Waals surface area (Å²) in [4.78, 5) is 31.2. The van der Waals surface area contributed by atoms with E-state index in [1.54, 1.807) is 11.7 Å². The maximum atomic E-state index is 13.6. The van der Waals surface area contributed by atoms with Crippen molar-refractivity contribution < 1.29 is 13.9 Å². The number of ether oxygens (including phenoxy) is 1. The summed E-state index contributed by atoms with van der Waals surface area (Å²) in [5.74, 6) is 0.616. The molecule has 5 rings (SSSR count). The molecule has 2 heterocycles. The fourth-order valence-electron chi connectivity index (χ4n) is 4.13. The fourth-order valence-corrected chi connectivity index (χ4v) is 4.92. The number of amides is 1. The Labute approximate surface area is 212 Å². The lowest BCUT2D eigenvalue weighted by Gasteiger charge is -2.13. The molecule has 0 unspecified atom stereocenters. The Morgan fingerprint density at radius 1 is 1.08 bits per heavy atom. The standard InChI is InChI=1S/C28H25N3O4S/c1-17-11-12-22(18(2)13-17)29-24(32)16-36-28-30-25-21-9-4-5-10-23(21)35-26(25)27(33)31(28)15-19-7-6-8-20(14-19)34-3/h4-14H,15-16H2,1-3H3,(H,29,32). The van der Waals surface area contributed by atoms with E-state index in [9.17, 15) is 9.59 Å². The number of aryl methyl sites for hydroxylation is 2. The van der Waals surface area contributed by atoms with Gasteiger partial charge in [-0.25, -0.2) is 4.98 Å². The van der Waals surface area contributed by atoms with Crippen molar-refractivity contribution in [2.45, 2.75) is 25.5 Å². The van der Waals surface area contributed by atoms with Crippen LogP contribution in [0.1, 0.15) is 16.7 Å². The number of hydrogen-bond acceptors (Lipinski definition) is 6. The highest BCUT2D eigenvalue weighted by Gasteiger charge is 2.19. The molecule has 2 aromatic heterocycles. The van der Waals surface area contributed by atoms with Gasteiger partial charge in [0.25, 0.3) is 5.56 Å². The predicted molar refractivity (Wildman–Crippen MR) is 143 cm³/mol. The number of aromatic nitrogens is 2. The first-order valence-electron chi connectivity index (χ1n) is 11.5. The van der Waals surface area contributed by atoms with Crippen LogP contribution in [0, 0.1) is 13.8 Å². The van der Waals surface area contributed by atoms with Crippen LogP contribution >= 0.6 is 11.8 Å². The van der Waals surface area contributed by atoms with Gasteiger partial charge in [-0.2, -0.15) is 0 Å². The topological polar surface area (TPSA) is 86.4 Å². The molecule has 3 aromatic carbocycles. The number of carbonyl (C=O) groups is 1. The molecule has 0 saturated heterocycles. The highest BCUT2D eigenvalue weighted by atomic mass is 32.2. The molecule has 0 bridgehead atoms. The third kappa shape index (κ3) is 4.72. The van der Waals surface area contributed by atoms with Crippen molar-refractivity contribution in [3.05, 3.63) is 93.8 Å². The second-order valence-corrected chi connectivity index (χ2v) is 9.51. The van der Waals surface area contributed by atoms with Crippen LogP contribution in [0.3, 0.4) is 0 Å². The van der Waals surface area contributed by atoms with Crippen molar-refractivity contribution in [3.63, 3.8) is 0 Å². The summed E-state index contributed by atoms with van der Waals surface area (Å²) < 4.78 is 12.8. The quantitative estimate of drug-likeness (QED) is 0.234. The zero-order chi connectivity index (χ0) is 25.2. The summed E-state index contributed by atoms with van der Waals surface area (Å²) in [5, 5.41) is 4.16. The molecule has 1 N–H and O–H groups in total. The molecule has 36 heavy (non-hydrogen) atoms. The molecular formula is C28H25N3O4S. The first kappa shape index (κ1) is 23.7. The number of carbonyl (C=O) groups excluding carboxylic acids is 1. The molecule has 0 atom stereocenters. The van der Waals surface area contributed by atoms with Gasteiger partial charge in [0.15, 0.2) is 5.16 Å². The zero-order valence-electron chi connectivity index (χ0n) is 20.2.